The Bertz CT molecular complexity index is 1040. The van der Waals surface area contributed by atoms with E-state index in [0.29, 0.717) is 6.42 Å². The molecule has 2 aromatic heterocycles. The van der Waals surface area contributed by atoms with Crippen LogP contribution in [0.5, 0.6) is 0 Å². The zero-order valence-corrected chi connectivity index (χ0v) is 16.1. The Morgan fingerprint density at radius 2 is 1.89 bits per heavy atom. The fourth-order valence-electron chi connectivity index (χ4n) is 4.90. The van der Waals surface area contributed by atoms with Crippen molar-refractivity contribution in [2.45, 2.75) is 50.7 Å². The van der Waals surface area contributed by atoms with Crippen LogP contribution in [0.3, 0.4) is 0 Å². The van der Waals surface area contributed by atoms with Gasteiger partial charge in [-0.1, -0.05) is 24.3 Å². The van der Waals surface area contributed by atoms with Crippen LogP contribution in [0.1, 0.15) is 38.7 Å². The van der Waals surface area contributed by atoms with Crippen molar-refractivity contribution in [3.05, 3.63) is 54.5 Å². The van der Waals surface area contributed by atoms with Crippen LogP contribution in [0.15, 0.2) is 48.9 Å². The normalized spacial score (nSPS) is 25.8. The molecule has 2 bridgehead atoms. The number of hydrogen-bond donors (Lipinski definition) is 2. The van der Waals surface area contributed by atoms with Gasteiger partial charge in [-0.15, -0.1) is 0 Å². The number of aromatic nitrogens is 3. The Hall–Kier alpha value is -2.73. The quantitative estimate of drug-likeness (QED) is 0.718. The minimum absolute atomic E-state index is 0.00734. The number of aliphatic hydroxyl groups is 1. The Kier molecular flexibility index (Phi) is 3.50. The van der Waals surface area contributed by atoms with Crippen molar-refractivity contribution in [2.24, 2.45) is 5.41 Å². The summed E-state index contributed by atoms with van der Waals surface area (Å²) in [4.78, 5) is 16.7. The van der Waals surface area contributed by atoms with Gasteiger partial charge in [0.25, 0.3) is 0 Å². The second-order valence-electron chi connectivity index (χ2n) is 9.05. The van der Waals surface area contributed by atoms with Crippen molar-refractivity contribution in [1.29, 1.82) is 0 Å². The molecular formula is C22H24N4O2. The van der Waals surface area contributed by atoms with Crippen LogP contribution in [0.4, 0.5) is 0 Å². The van der Waals surface area contributed by atoms with Crippen molar-refractivity contribution < 1.29 is 9.90 Å². The largest absolute Gasteiger partial charge is 0.390 e. The molecule has 1 amide bonds. The predicted molar refractivity (Wildman–Crippen MR) is 106 cm³/mol. The number of rotatable bonds is 5. The first-order valence-corrected chi connectivity index (χ1v) is 9.70. The van der Waals surface area contributed by atoms with E-state index in [-0.39, 0.29) is 16.9 Å². The molecule has 6 nitrogen and oxygen atoms in total. The molecule has 3 fully saturated rings. The van der Waals surface area contributed by atoms with Crippen LogP contribution >= 0.6 is 0 Å². The molecule has 0 saturated heterocycles. The van der Waals surface area contributed by atoms with Gasteiger partial charge >= 0.3 is 0 Å². The van der Waals surface area contributed by atoms with Crippen LogP contribution in [0.25, 0.3) is 16.8 Å². The van der Waals surface area contributed by atoms with Gasteiger partial charge < -0.3 is 10.4 Å². The molecular weight excluding hydrogens is 352 g/mol. The summed E-state index contributed by atoms with van der Waals surface area (Å²) >= 11 is 0. The maximum absolute atomic E-state index is 12.5. The lowest BCUT2D eigenvalue weighted by molar-refractivity contribution is -0.250. The molecule has 0 spiro atoms. The van der Waals surface area contributed by atoms with E-state index >= 15 is 0 Å². The molecule has 0 atom stereocenters. The number of carbonyl (C=O) groups excluding carboxylic acids is 1. The van der Waals surface area contributed by atoms with Crippen LogP contribution in [-0.2, 0) is 11.2 Å². The molecule has 3 aromatic rings. The predicted octanol–water partition coefficient (Wildman–Crippen LogP) is 2.75. The van der Waals surface area contributed by atoms with Gasteiger partial charge in [-0.05, 0) is 61.9 Å². The number of nitrogens with zero attached hydrogens (tertiary/aromatic N) is 3. The van der Waals surface area contributed by atoms with Crippen molar-refractivity contribution in [3.63, 3.8) is 0 Å². The van der Waals surface area contributed by atoms with Gasteiger partial charge in [0.1, 0.15) is 6.33 Å². The van der Waals surface area contributed by atoms with E-state index in [1.54, 1.807) is 4.52 Å². The van der Waals surface area contributed by atoms with E-state index in [0.717, 1.165) is 41.6 Å². The maximum Gasteiger partial charge on any atom is 0.224 e. The molecule has 144 valence electrons. The molecule has 28 heavy (non-hydrogen) atoms. The minimum Gasteiger partial charge on any atom is -0.390 e. The lowest BCUT2D eigenvalue weighted by atomic mass is 9.35. The highest BCUT2D eigenvalue weighted by Crippen LogP contribution is 2.71. The first kappa shape index (κ1) is 17.4. The fraction of sp³-hybridized carbons (Fsp3) is 0.409. The third kappa shape index (κ3) is 2.63. The highest BCUT2D eigenvalue weighted by molar-refractivity contribution is 5.80. The molecule has 2 N–H and O–H groups in total. The van der Waals surface area contributed by atoms with E-state index < -0.39 is 5.60 Å². The SMILES string of the molecule is CC(C)(O)C12CC(NC(=O)Cc3ccc(-c4ccn5ncnc5c4)cc3)(C1)C2. The highest BCUT2D eigenvalue weighted by Gasteiger charge is 2.73. The summed E-state index contributed by atoms with van der Waals surface area (Å²) in [6, 6.07) is 12.1. The number of carbonyl (C=O) groups is 1. The molecule has 3 aliphatic carbocycles. The molecule has 2 heterocycles. The van der Waals surface area contributed by atoms with E-state index in [9.17, 15) is 9.90 Å². The summed E-state index contributed by atoms with van der Waals surface area (Å²) in [7, 11) is 0. The first-order valence-electron chi connectivity index (χ1n) is 9.70. The van der Waals surface area contributed by atoms with Crippen molar-refractivity contribution >= 4 is 11.6 Å². The molecule has 1 aromatic carbocycles. The van der Waals surface area contributed by atoms with Crippen molar-refractivity contribution in [1.82, 2.24) is 19.9 Å². The van der Waals surface area contributed by atoms with Crippen LogP contribution in [-0.4, -0.2) is 36.8 Å². The summed E-state index contributed by atoms with van der Waals surface area (Å²) in [6.07, 6.45) is 6.47. The van der Waals surface area contributed by atoms with Gasteiger partial charge in [-0.25, -0.2) is 9.50 Å². The van der Waals surface area contributed by atoms with Crippen LogP contribution < -0.4 is 5.32 Å². The summed E-state index contributed by atoms with van der Waals surface area (Å²) in [5, 5.41) is 17.6. The number of hydrogen-bond acceptors (Lipinski definition) is 4. The molecule has 6 rings (SSSR count). The Balaban J connectivity index is 1.22. The van der Waals surface area contributed by atoms with Gasteiger partial charge in [0.15, 0.2) is 5.65 Å². The van der Waals surface area contributed by atoms with Crippen molar-refractivity contribution in [3.8, 4) is 11.1 Å². The average Bonchev–Trinajstić information content (AvgIpc) is 3.04. The molecule has 3 aliphatic rings. The summed E-state index contributed by atoms with van der Waals surface area (Å²) < 4.78 is 1.73. The number of fused-ring (bicyclic) bond motifs is 1. The number of benzene rings is 1. The summed E-state index contributed by atoms with van der Waals surface area (Å²) in [5.74, 6) is 0.0571. The second kappa shape index (κ2) is 5.64. The maximum atomic E-state index is 12.5. The van der Waals surface area contributed by atoms with E-state index in [4.69, 9.17) is 0 Å². The molecule has 3 saturated carbocycles. The number of amides is 1. The lowest BCUT2D eigenvalue weighted by Crippen LogP contribution is -2.80. The van der Waals surface area contributed by atoms with Crippen molar-refractivity contribution in [2.75, 3.05) is 0 Å². The summed E-state index contributed by atoms with van der Waals surface area (Å²) in [5.41, 5.74) is 3.23. The lowest BCUT2D eigenvalue weighted by Gasteiger charge is -2.74. The molecule has 6 heteroatoms. The van der Waals surface area contributed by atoms with Gasteiger partial charge in [0.2, 0.25) is 5.91 Å². The highest BCUT2D eigenvalue weighted by atomic mass is 16.3. The van der Waals surface area contributed by atoms with Gasteiger partial charge in [-0.2, -0.15) is 5.10 Å². The van der Waals surface area contributed by atoms with E-state index in [1.807, 2.05) is 56.4 Å². The zero-order chi connectivity index (χ0) is 19.6. The monoisotopic (exact) mass is 376 g/mol. The topological polar surface area (TPSA) is 79.5 Å². The van der Waals surface area contributed by atoms with Gasteiger partial charge in [0, 0.05) is 17.2 Å². The van der Waals surface area contributed by atoms with Gasteiger partial charge in [0.05, 0.1) is 12.0 Å². The minimum atomic E-state index is -0.662. The summed E-state index contributed by atoms with van der Waals surface area (Å²) in [6.45, 7) is 3.75. The molecule has 0 unspecified atom stereocenters. The fourth-order valence-corrected chi connectivity index (χ4v) is 4.90. The third-order valence-electron chi connectivity index (χ3n) is 6.67. The smallest absolute Gasteiger partial charge is 0.224 e. The van der Waals surface area contributed by atoms with Crippen LogP contribution in [0.2, 0.25) is 0 Å². The first-order chi connectivity index (χ1) is 13.3. The Morgan fingerprint density at radius 1 is 1.18 bits per heavy atom. The average molecular weight is 376 g/mol. The zero-order valence-electron chi connectivity index (χ0n) is 16.1. The third-order valence-corrected chi connectivity index (χ3v) is 6.67. The van der Waals surface area contributed by atoms with Gasteiger partial charge in [-0.3, -0.25) is 4.79 Å². The number of nitrogens with one attached hydrogen (secondary N) is 1. The van der Waals surface area contributed by atoms with Crippen LogP contribution in [0, 0.1) is 5.41 Å². The standard InChI is InChI=1S/C22H24N4O2/c1-20(2,28)21-11-22(12-21,13-21)25-19(27)9-15-3-5-16(6-4-15)17-7-8-26-18(10-17)23-14-24-26/h3-8,10,14,28H,9,11-13H2,1-2H3,(H,25,27). The Labute approximate surface area is 163 Å². The molecule has 0 radical (unpaired) electrons. The van der Waals surface area contributed by atoms with E-state index in [1.165, 1.54) is 6.33 Å². The number of pyridine rings is 1. The second-order valence-corrected chi connectivity index (χ2v) is 9.05. The van der Waals surface area contributed by atoms with E-state index in [2.05, 4.69) is 15.4 Å². The molecule has 0 aliphatic heterocycles. The Morgan fingerprint density at radius 3 is 2.57 bits per heavy atom.